The zero-order valence-electron chi connectivity index (χ0n) is 17.4. The van der Waals surface area contributed by atoms with Crippen molar-refractivity contribution < 1.29 is 14.4 Å². The summed E-state index contributed by atoms with van der Waals surface area (Å²) < 4.78 is 0. The number of urea groups is 1. The van der Waals surface area contributed by atoms with E-state index in [4.69, 9.17) is 11.6 Å². The van der Waals surface area contributed by atoms with Crippen LogP contribution in [0, 0.1) is 5.92 Å². The van der Waals surface area contributed by atoms with Crippen molar-refractivity contribution in [1.29, 1.82) is 0 Å². The van der Waals surface area contributed by atoms with Gasteiger partial charge < -0.3 is 15.5 Å². The average molecular weight is 439 g/mol. The highest BCUT2D eigenvalue weighted by Crippen LogP contribution is 2.43. The van der Waals surface area contributed by atoms with Gasteiger partial charge in [-0.2, -0.15) is 0 Å². The molecule has 3 atom stereocenters. The number of amides is 4. The van der Waals surface area contributed by atoms with Gasteiger partial charge in [0.15, 0.2) is 0 Å². The van der Waals surface area contributed by atoms with Crippen LogP contribution in [0.15, 0.2) is 65.9 Å². The van der Waals surface area contributed by atoms with Gasteiger partial charge in [0.2, 0.25) is 5.91 Å². The number of fused-ring (bicyclic) bond motifs is 1. The molecule has 2 heterocycles. The van der Waals surface area contributed by atoms with E-state index in [-0.39, 0.29) is 11.8 Å². The molecule has 0 aromatic heterocycles. The average Bonchev–Trinajstić information content (AvgIpc) is 2.76. The molecular weight excluding hydrogens is 416 g/mol. The second-order valence-corrected chi connectivity index (χ2v) is 8.23. The summed E-state index contributed by atoms with van der Waals surface area (Å²) in [6, 6.07) is 15.9. The molecule has 4 amide bonds. The number of allylic oxidation sites excluding steroid dienone is 1. The van der Waals surface area contributed by atoms with Gasteiger partial charge in [0.05, 0.1) is 5.92 Å². The fraction of sp³-hybridized carbons (Fsp3) is 0.261. The first-order valence-corrected chi connectivity index (χ1v) is 10.3. The van der Waals surface area contributed by atoms with Gasteiger partial charge in [-0.3, -0.25) is 14.5 Å². The van der Waals surface area contributed by atoms with E-state index in [0.29, 0.717) is 22.0 Å². The fourth-order valence-electron chi connectivity index (χ4n) is 4.35. The predicted molar refractivity (Wildman–Crippen MR) is 118 cm³/mol. The van der Waals surface area contributed by atoms with Gasteiger partial charge in [0.25, 0.3) is 5.91 Å². The van der Waals surface area contributed by atoms with Gasteiger partial charge in [-0.05, 0) is 36.8 Å². The summed E-state index contributed by atoms with van der Waals surface area (Å²) in [6.45, 7) is 1.79. The molecule has 1 saturated heterocycles. The quantitative estimate of drug-likeness (QED) is 0.769. The largest absolute Gasteiger partial charge is 0.368 e. The van der Waals surface area contributed by atoms with Crippen LogP contribution >= 0.6 is 11.6 Å². The molecule has 0 saturated carbocycles. The van der Waals surface area contributed by atoms with Gasteiger partial charge in [-0.25, -0.2) is 4.79 Å². The standard InChI is InChI=1S/C23H23ClN4O3/c1-13-17(21(29)26-16-7-5-4-6-8-16)18(14-9-11-15(24)12-10-14)19-20(25-13)27(2)23(31)28(3)22(19)30/h4-12,18-20,25H,1-3H3,(H,26,29). The summed E-state index contributed by atoms with van der Waals surface area (Å²) in [5.41, 5.74) is 2.51. The summed E-state index contributed by atoms with van der Waals surface area (Å²) in [6.07, 6.45) is -0.565. The SMILES string of the molecule is CC1=C(C(=O)Nc2ccccc2)C(c2ccc(Cl)cc2)C2C(=O)N(C)C(=O)N(C)C2N1. The number of hydrogen-bond donors (Lipinski definition) is 2. The van der Waals surface area contributed by atoms with Crippen molar-refractivity contribution in [2.24, 2.45) is 5.92 Å². The molecule has 8 heteroatoms. The number of nitrogens with one attached hydrogen (secondary N) is 2. The molecule has 2 aliphatic heterocycles. The van der Waals surface area contributed by atoms with Gasteiger partial charge in [0, 0.05) is 42.0 Å². The monoisotopic (exact) mass is 438 g/mol. The van der Waals surface area contributed by atoms with Crippen LogP contribution in [0.4, 0.5) is 10.5 Å². The third-order valence-electron chi connectivity index (χ3n) is 5.91. The van der Waals surface area contributed by atoms with Crippen LogP contribution in [-0.2, 0) is 9.59 Å². The Labute approximate surface area is 185 Å². The van der Waals surface area contributed by atoms with Crippen LogP contribution in [-0.4, -0.2) is 47.9 Å². The Morgan fingerprint density at radius 2 is 1.68 bits per heavy atom. The number of imide groups is 1. The van der Waals surface area contributed by atoms with E-state index >= 15 is 0 Å². The van der Waals surface area contributed by atoms with E-state index in [1.807, 2.05) is 30.3 Å². The number of anilines is 1. The third kappa shape index (κ3) is 3.65. The Hall–Kier alpha value is -3.32. The maximum absolute atomic E-state index is 13.4. The number of rotatable bonds is 3. The van der Waals surface area contributed by atoms with Gasteiger partial charge in [-0.1, -0.05) is 41.9 Å². The predicted octanol–water partition coefficient (Wildman–Crippen LogP) is 3.41. The molecule has 4 rings (SSSR count). The molecule has 2 aromatic rings. The van der Waals surface area contributed by atoms with Crippen LogP contribution in [0.25, 0.3) is 0 Å². The highest BCUT2D eigenvalue weighted by Gasteiger charge is 2.52. The van der Waals surface area contributed by atoms with E-state index in [2.05, 4.69) is 10.6 Å². The maximum atomic E-state index is 13.4. The van der Waals surface area contributed by atoms with Crippen molar-refractivity contribution in [3.8, 4) is 0 Å². The summed E-state index contributed by atoms with van der Waals surface area (Å²) >= 11 is 6.09. The highest BCUT2D eigenvalue weighted by atomic mass is 35.5. The molecule has 2 aromatic carbocycles. The summed E-state index contributed by atoms with van der Waals surface area (Å²) in [4.78, 5) is 41.8. The Morgan fingerprint density at radius 3 is 2.32 bits per heavy atom. The Morgan fingerprint density at radius 1 is 1.03 bits per heavy atom. The van der Waals surface area contributed by atoms with Crippen LogP contribution in [0.3, 0.4) is 0 Å². The van der Waals surface area contributed by atoms with Gasteiger partial charge in [-0.15, -0.1) is 0 Å². The third-order valence-corrected chi connectivity index (χ3v) is 6.16. The van der Waals surface area contributed by atoms with Crippen molar-refractivity contribution in [1.82, 2.24) is 15.1 Å². The number of benzene rings is 2. The molecule has 0 aliphatic carbocycles. The van der Waals surface area contributed by atoms with E-state index in [0.717, 1.165) is 10.5 Å². The van der Waals surface area contributed by atoms with E-state index in [1.165, 1.54) is 11.9 Å². The first-order valence-electron chi connectivity index (χ1n) is 9.93. The zero-order chi connectivity index (χ0) is 22.3. The number of halogens is 1. The molecule has 160 valence electrons. The first kappa shape index (κ1) is 20.9. The van der Waals surface area contributed by atoms with E-state index in [1.54, 1.807) is 38.2 Å². The Balaban J connectivity index is 1.83. The summed E-state index contributed by atoms with van der Waals surface area (Å²) in [5, 5.41) is 6.71. The summed E-state index contributed by atoms with van der Waals surface area (Å²) in [5.74, 6) is -1.87. The maximum Gasteiger partial charge on any atom is 0.327 e. The number of nitrogens with zero attached hydrogens (tertiary/aromatic N) is 2. The minimum atomic E-state index is -0.672. The van der Waals surface area contributed by atoms with Crippen LogP contribution in [0.1, 0.15) is 18.4 Å². The lowest BCUT2D eigenvalue weighted by Crippen LogP contribution is -2.66. The second kappa shape index (κ2) is 8.07. The summed E-state index contributed by atoms with van der Waals surface area (Å²) in [7, 11) is 3.11. The fourth-order valence-corrected chi connectivity index (χ4v) is 4.47. The lowest BCUT2D eigenvalue weighted by atomic mass is 9.73. The molecule has 2 aliphatic rings. The van der Waals surface area contributed by atoms with Crippen molar-refractivity contribution in [3.05, 3.63) is 76.5 Å². The van der Waals surface area contributed by atoms with Crippen molar-refractivity contribution in [2.45, 2.75) is 19.0 Å². The van der Waals surface area contributed by atoms with Crippen molar-refractivity contribution in [2.75, 3.05) is 19.4 Å². The number of carbonyl (C=O) groups excluding carboxylic acids is 3. The van der Waals surface area contributed by atoms with Crippen LogP contribution < -0.4 is 10.6 Å². The molecule has 31 heavy (non-hydrogen) atoms. The molecule has 2 N–H and O–H groups in total. The molecule has 1 fully saturated rings. The topological polar surface area (TPSA) is 81.8 Å². The second-order valence-electron chi connectivity index (χ2n) is 7.79. The van der Waals surface area contributed by atoms with Crippen molar-refractivity contribution in [3.63, 3.8) is 0 Å². The van der Waals surface area contributed by atoms with Crippen LogP contribution in [0.5, 0.6) is 0 Å². The lowest BCUT2D eigenvalue weighted by molar-refractivity contribution is -0.139. The van der Waals surface area contributed by atoms with Gasteiger partial charge >= 0.3 is 6.03 Å². The van der Waals surface area contributed by atoms with E-state index in [9.17, 15) is 14.4 Å². The molecular formula is C23H23ClN4O3. The minimum Gasteiger partial charge on any atom is -0.368 e. The van der Waals surface area contributed by atoms with Crippen molar-refractivity contribution >= 4 is 35.1 Å². The smallest absolute Gasteiger partial charge is 0.327 e. The molecule has 7 nitrogen and oxygen atoms in total. The van der Waals surface area contributed by atoms with Crippen LogP contribution in [0.2, 0.25) is 5.02 Å². The highest BCUT2D eigenvalue weighted by molar-refractivity contribution is 6.30. The lowest BCUT2D eigenvalue weighted by Gasteiger charge is -2.48. The Kier molecular flexibility index (Phi) is 5.45. The number of hydrogen-bond acceptors (Lipinski definition) is 4. The normalized spacial score (nSPS) is 23.4. The van der Waals surface area contributed by atoms with E-state index < -0.39 is 24.0 Å². The minimum absolute atomic E-state index is 0.301. The Bertz CT molecular complexity index is 1070. The zero-order valence-corrected chi connectivity index (χ0v) is 18.2. The first-order chi connectivity index (χ1) is 14.8. The molecule has 0 bridgehead atoms. The molecule has 3 unspecified atom stereocenters. The van der Waals surface area contributed by atoms with Gasteiger partial charge in [0.1, 0.15) is 6.17 Å². The molecule has 0 spiro atoms. The molecule has 0 radical (unpaired) electrons. The number of para-hydroxylation sites is 1. The number of carbonyl (C=O) groups is 3.